The number of primary amides is 1. The van der Waals surface area contributed by atoms with Gasteiger partial charge in [0.25, 0.3) is 0 Å². The standard InChI is InChI=1S/C12H14N2O/c1-9(12(13)15)8-14-7-6-10-4-2-3-5-11(10)14/h2-7,9H,8H2,1H3,(H2,13,15). The Bertz CT molecular complexity index is 487. The zero-order chi connectivity index (χ0) is 10.8. The van der Waals surface area contributed by atoms with Gasteiger partial charge in [-0.15, -0.1) is 0 Å². The number of fused-ring (bicyclic) bond motifs is 1. The lowest BCUT2D eigenvalue weighted by Crippen LogP contribution is -2.24. The summed E-state index contributed by atoms with van der Waals surface area (Å²) in [5, 5.41) is 1.19. The highest BCUT2D eigenvalue weighted by Gasteiger charge is 2.10. The number of nitrogens with two attached hydrogens (primary N) is 1. The summed E-state index contributed by atoms with van der Waals surface area (Å²) < 4.78 is 2.06. The van der Waals surface area contributed by atoms with Gasteiger partial charge in [0, 0.05) is 18.3 Å². The van der Waals surface area contributed by atoms with Crippen LogP contribution in [0, 0.1) is 5.92 Å². The molecule has 0 bridgehead atoms. The summed E-state index contributed by atoms with van der Waals surface area (Å²) in [6.45, 7) is 2.49. The second-order valence-corrected chi connectivity index (χ2v) is 3.83. The van der Waals surface area contributed by atoms with Crippen LogP contribution in [0.1, 0.15) is 6.92 Å². The summed E-state index contributed by atoms with van der Waals surface area (Å²) in [7, 11) is 0. The first-order valence-electron chi connectivity index (χ1n) is 5.01. The van der Waals surface area contributed by atoms with Crippen molar-refractivity contribution in [2.45, 2.75) is 13.5 Å². The molecule has 2 rings (SSSR count). The number of aromatic nitrogens is 1. The number of hydrogen-bond donors (Lipinski definition) is 1. The number of para-hydroxylation sites is 1. The number of benzene rings is 1. The van der Waals surface area contributed by atoms with E-state index in [0.29, 0.717) is 6.54 Å². The largest absolute Gasteiger partial charge is 0.369 e. The molecule has 1 unspecified atom stereocenters. The Balaban J connectivity index is 2.32. The lowest BCUT2D eigenvalue weighted by Gasteiger charge is -2.09. The van der Waals surface area contributed by atoms with Crippen LogP contribution in [0.25, 0.3) is 10.9 Å². The molecular weight excluding hydrogens is 188 g/mol. The number of amides is 1. The maximum absolute atomic E-state index is 11.0. The number of carbonyl (C=O) groups is 1. The Kier molecular flexibility index (Phi) is 2.46. The van der Waals surface area contributed by atoms with Crippen LogP contribution in [0.2, 0.25) is 0 Å². The predicted molar refractivity (Wildman–Crippen MR) is 60.3 cm³/mol. The third kappa shape index (κ3) is 1.86. The van der Waals surface area contributed by atoms with Crippen molar-refractivity contribution in [3.63, 3.8) is 0 Å². The van der Waals surface area contributed by atoms with Crippen LogP contribution < -0.4 is 5.73 Å². The maximum Gasteiger partial charge on any atom is 0.222 e. The van der Waals surface area contributed by atoms with E-state index in [1.165, 1.54) is 5.39 Å². The second-order valence-electron chi connectivity index (χ2n) is 3.83. The van der Waals surface area contributed by atoms with Gasteiger partial charge in [-0.2, -0.15) is 0 Å². The Labute approximate surface area is 88.5 Å². The van der Waals surface area contributed by atoms with Crippen molar-refractivity contribution in [3.05, 3.63) is 36.5 Å². The van der Waals surface area contributed by atoms with Gasteiger partial charge in [0.05, 0.1) is 5.92 Å². The van der Waals surface area contributed by atoms with Gasteiger partial charge in [0.15, 0.2) is 0 Å². The van der Waals surface area contributed by atoms with Crippen molar-refractivity contribution in [3.8, 4) is 0 Å². The van der Waals surface area contributed by atoms with E-state index in [4.69, 9.17) is 5.73 Å². The molecular formula is C12H14N2O. The van der Waals surface area contributed by atoms with Gasteiger partial charge in [-0.25, -0.2) is 0 Å². The molecule has 78 valence electrons. The molecule has 0 aliphatic carbocycles. The van der Waals surface area contributed by atoms with Crippen LogP contribution in [0.3, 0.4) is 0 Å². The second kappa shape index (κ2) is 3.77. The fourth-order valence-corrected chi connectivity index (χ4v) is 1.68. The van der Waals surface area contributed by atoms with E-state index in [2.05, 4.69) is 10.6 Å². The number of hydrogen-bond acceptors (Lipinski definition) is 1. The molecule has 0 aliphatic rings. The minimum Gasteiger partial charge on any atom is -0.369 e. The Morgan fingerprint density at radius 2 is 2.13 bits per heavy atom. The highest BCUT2D eigenvalue weighted by Crippen LogP contribution is 2.16. The summed E-state index contributed by atoms with van der Waals surface area (Å²) in [5.41, 5.74) is 6.39. The van der Waals surface area contributed by atoms with Crippen molar-refractivity contribution in [1.29, 1.82) is 0 Å². The summed E-state index contributed by atoms with van der Waals surface area (Å²) in [6, 6.07) is 10.1. The van der Waals surface area contributed by atoms with Gasteiger partial charge < -0.3 is 10.3 Å². The first-order chi connectivity index (χ1) is 7.18. The van der Waals surface area contributed by atoms with E-state index < -0.39 is 0 Å². The van der Waals surface area contributed by atoms with Crippen LogP contribution in [0.15, 0.2) is 36.5 Å². The van der Waals surface area contributed by atoms with Gasteiger partial charge >= 0.3 is 0 Å². The van der Waals surface area contributed by atoms with E-state index >= 15 is 0 Å². The van der Waals surface area contributed by atoms with Crippen molar-refractivity contribution in [1.82, 2.24) is 4.57 Å². The Hall–Kier alpha value is -1.77. The summed E-state index contributed by atoms with van der Waals surface area (Å²) >= 11 is 0. The number of nitrogens with zero attached hydrogens (tertiary/aromatic N) is 1. The molecule has 15 heavy (non-hydrogen) atoms. The minimum atomic E-state index is -0.257. The smallest absolute Gasteiger partial charge is 0.222 e. The highest BCUT2D eigenvalue weighted by atomic mass is 16.1. The SMILES string of the molecule is CC(Cn1ccc2ccccc21)C(N)=O. The molecule has 2 aromatic rings. The van der Waals surface area contributed by atoms with Crippen molar-refractivity contribution in [2.75, 3.05) is 0 Å². The van der Waals surface area contributed by atoms with Gasteiger partial charge in [0.1, 0.15) is 0 Å². The molecule has 0 radical (unpaired) electrons. The predicted octanol–water partition coefficient (Wildman–Crippen LogP) is 1.76. The third-order valence-electron chi connectivity index (χ3n) is 2.64. The monoisotopic (exact) mass is 202 g/mol. The van der Waals surface area contributed by atoms with Crippen LogP contribution in [0.5, 0.6) is 0 Å². The Morgan fingerprint density at radius 3 is 2.87 bits per heavy atom. The van der Waals surface area contributed by atoms with Crippen molar-refractivity contribution < 1.29 is 4.79 Å². The molecule has 0 spiro atoms. The molecule has 1 aromatic carbocycles. The topological polar surface area (TPSA) is 48.0 Å². The maximum atomic E-state index is 11.0. The summed E-state index contributed by atoms with van der Waals surface area (Å²) in [6.07, 6.45) is 1.99. The fourth-order valence-electron chi connectivity index (χ4n) is 1.68. The fraction of sp³-hybridized carbons (Fsp3) is 0.250. The van der Waals surface area contributed by atoms with Crippen molar-refractivity contribution >= 4 is 16.8 Å². The third-order valence-corrected chi connectivity index (χ3v) is 2.64. The first kappa shape index (κ1) is 9.77. The number of rotatable bonds is 3. The molecule has 3 nitrogen and oxygen atoms in total. The van der Waals surface area contributed by atoms with E-state index in [1.807, 2.05) is 37.4 Å². The molecule has 3 heteroatoms. The van der Waals surface area contributed by atoms with Gasteiger partial charge in [-0.05, 0) is 17.5 Å². The molecule has 0 saturated carbocycles. The first-order valence-corrected chi connectivity index (χ1v) is 5.01. The highest BCUT2D eigenvalue weighted by molar-refractivity contribution is 5.80. The molecule has 1 aromatic heterocycles. The van der Waals surface area contributed by atoms with E-state index in [0.717, 1.165) is 5.52 Å². The van der Waals surface area contributed by atoms with Gasteiger partial charge in [0.2, 0.25) is 5.91 Å². The lowest BCUT2D eigenvalue weighted by atomic mass is 10.1. The quantitative estimate of drug-likeness (QED) is 0.810. The molecule has 1 atom stereocenters. The minimum absolute atomic E-state index is 0.138. The van der Waals surface area contributed by atoms with Crippen LogP contribution >= 0.6 is 0 Å². The summed E-state index contributed by atoms with van der Waals surface area (Å²) in [4.78, 5) is 11.0. The molecule has 0 saturated heterocycles. The van der Waals surface area contributed by atoms with Gasteiger partial charge in [-0.1, -0.05) is 25.1 Å². The molecule has 1 amide bonds. The van der Waals surface area contributed by atoms with Crippen LogP contribution in [0.4, 0.5) is 0 Å². The van der Waals surface area contributed by atoms with E-state index in [9.17, 15) is 4.79 Å². The molecule has 1 heterocycles. The number of carbonyl (C=O) groups excluding carboxylic acids is 1. The van der Waals surface area contributed by atoms with Crippen LogP contribution in [-0.2, 0) is 11.3 Å². The molecule has 0 aliphatic heterocycles. The van der Waals surface area contributed by atoms with Crippen molar-refractivity contribution in [2.24, 2.45) is 11.7 Å². The van der Waals surface area contributed by atoms with E-state index in [-0.39, 0.29) is 11.8 Å². The average Bonchev–Trinajstić information content (AvgIpc) is 2.62. The average molecular weight is 202 g/mol. The molecule has 0 fully saturated rings. The zero-order valence-electron chi connectivity index (χ0n) is 8.68. The lowest BCUT2D eigenvalue weighted by molar-refractivity contribution is -0.121. The van der Waals surface area contributed by atoms with Gasteiger partial charge in [-0.3, -0.25) is 4.79 Å². The zero-order valence-corrected chi connectivity index (χ0v) is 8.68. The normalized spacial score (nSPS) is 12.9. The van der Waals surface area contributed by atoms with E-state index in [1.54, 1.807) is 0 Å². The Morgan fingerprint density at radius 1 is 1.40 bits per heavy atom. The van der Waals surface area contributed by atoms with Crippen LogP contribution in [-0.4, -0.2) is 10.5 Å². The molecule has 2 N–H and O–H groups in total. The summed E-state index contributed by atoms with van der Waals surface area (Å²) in [5.74, 6) is -0.395.